The van der Waals surface area contributed by atoms with Crippen LogP contribution in [0.2, 0.25) is 0 Å². The van der Waals surface area contributed by atoms with E-state index in [0.29, 0.717) is 18.2 Å². The summed E-state index contributed by atoms with van der Waals surface area (Å²) in [6.45, 7) is 2.08. The molecule has 2 unspecified atom stereocenters. The molecule has 2 N–H and O–H groups in total. The molecule has 0 amide bonds. The third kappa shape index (κ3) is 5.34. The van der Waals surface area contributed by atoms with E-state index in [1.54, 1.807) is 13.8 Å². The number of nitrogens with zero attached hydrogens (tertiary/aromatic N) is 1. The normalized spacial score (nSPS) is 21.3. The van der Waals surface area contributed by atoms with Crippen LogP contribution in [0.3, 0.4) is 0 Å². The first-order valence-electron chi connectivity index (χ1n) is 10.1. The number of benzene rings is 2. The van der Waals surface area contributed by atoms with E-state index >= 15 is 0 Å². The van der Waals surface area contributed by atoms with E-state index in [2.05, 4.69) is 0 Å². The number of ether oxygens (including phenoxy) is 1. The Bertz CT molecular complexity index is 1160. The van der Waals surface area contributed by atoms with E-state index in [0.717, 1.165) is 16.4 Å². The van der Waals surface area contributed by atoms with Gasteiger partial charge in [0.15, 0.2) is 0 Å². The van der Waals surface area contributed by atoms with Crippen molar-refractivity contribution < 1.29 is 45.7 Å². The maximum Gasteiger partial charge on any atom is 0.416 e. The second kappa shape index (κ2) is 9.16. The smallest absolute Gasteiger partial charge is 0.416 e. The number of carboxylic acid groups (broad SMARTS) is 1. The molecule has 1 heterocycles. The van der Waals surface area contributed by atoms with E-state index in [-0.39, 0.29) is 17.1 Å². The fraction of sp³-hybridized carbons (Fsp3) is 0.409. The number of alkyl halides is 3. The lowest BCUT2D eigenvalue weighted by Gasteiger charge is -2.44. The van der Waals surface area contributed by atoms with E-state index in [1.165, 1.54) is 12.1 Å². The predicted molar refractivity (Wildman–Crippen MR) is 112 cm³/mol. The summed E-state index contributed by atoms with van der Waals surface area (Å²) >= 11 is 0. The summed E-state index contributed by atoms with van der Waals surface area (Å²) in [5, 5.41) is 19.8. The highest BCUT2D eigenvalue weighted by Crippen LogP contribution is 2.39. The van der Waals surface area contributed by atoms with Gasteiger partial charge in [0.05, 0.1) is 16.6 Å². The zero-order chi connectivity index (χ0) is 25.5. The monoisotopic (exact) mass is 505 g/mol. The number of hydrogen-bond acceptors (Lipinski definition) is 5. The molecule has 2 atom stereocenters. The standard InChI is InChI=1S/C22H23F4NO6S/c1-21(2)10-15(28)11-27(19(21)20(29)30)34(31,32)17-6-4-16(5-7-17)33-12-13-9-14(23)3-8-18(13)22(24,25)26/h3-9,15,19,28H,10-12H2,1-2H3,(H,29,30). The zero-order valence-electron chi connectivity index (χ0n) is 18.2. The van der Waals surface area contributed by atoms with Crippen LogP contribution in [0, 0.1) is 11.2 Å². The molecule has 1 aliphatic heterocycles. The summed E-state index contributed by atoms with van der Waals surface area (Å²) < 4.78 is 85.2. The van der Waals surface area contributed by atoms with Gasteiger partial charge in [-0.25, -0.2) is 12.8 Å². The lowest BCUT2D eigenvalue weighted by molar-refractivity contribution is -0.149. The number of carbonyl (C=O) groups is 1. The van der Waals surface area contributed by atoms with E-state index < -0.39 is 69.8 Å². The Morgan fingerprint density at radius 1 is 1.18 bits per heavy atom. The average Bonchev–Trinajstić information content (AvgIpc) is 2.70. The minimum absolute atomic E-state index is 0.0186. The minimum Gasteiger partial charge on any atom is -0.489 e. The Balaban J connectivity index is 1.83. The summed E-state index contributed by atoms with van der Waals surface area (Å²) in [4.78, 5) is 11.6. The van der Waals surface area contributed by atoms with Crippen LogP contribution in [-0.2, 0) is 27.6 Å². The number of β-amino-alcohol motifs (C(OH)–C–C–N with tert-alkyl or cyclic N) is 1. The molecular weight excluding hydrogens is 482 g/mol. The van der Waals surface area contributed by atoms with Gasteiger partial charge in [-0.3, -0.25) is 4.79 Å². The molecule has 2 aromatic rings. The first-order chi connectivity index (χ1) is 15.6. The van der Waals surface area contributed by atoms with E-state index in [9.17, 15) is 41.0 Å². The first kappa shape index (κ1) is 25.9. The molecule has 186 valence electrons. The van der Waals surface area contributed by atoms with Gasteiger partial charge in [-0.05, 0) is 54.3 Å². The summed E-state index contributed by atoms with van der Waals surface area (Å²) in [6.07, 6.45) is -5.67. The van der Waals surface area contributed by atoms with Gasteiger partial charge >= 0.3 is 12.1 Å². The Morgan fingerprint density at radius 3 is 2.35 bits per heavy atom. The van der Waals surface area contributed by atoms with Crippen molar-refractivity contribution in [2.24, 2.45) is 5.41 Å². The van der Waals surface area contributed by atoms with Gasteiger partial charge < -0.3 is 14.9 Å². The highest BCUT2D eigenvalue weighted by atomic mass is 32.2. The maximum absolute atomic E-state index is 13.4. The molecule has 34 heavy (non-hydrogen) atoms. The lowest BCUT2D eigenvalue weighted by Crippen LogP contribution is -2.59. The molecule has 2 aromatic carbocycles. The average molecular weight is 505 g/mol. The molecule has 0 aromatic heterocycles. The van der Waals surface area contributed by atoms with Crippen LogP contribution in [0.5, 0.6) is 5.75 Å². The number of carboxylic acids is 1. The number of piperidine rings is 1. The topological polar surface area (TPSA) is 104 Å². The van der Waals surface area contributed by atoms with Gasteiger partial charge in [-0.15, -0.1) is 0 Å². The Hall–Kier alpha value is -2.70. The fourth-order valence-corrected chi connectivity index (χ4v) is 5.92. The SMILES string of the molecule is CC1(C)CC(O)CN(S(=O)(=O)c2ccc(OCc3cc(F)ccc3C(F)(F)F)cc2)C1C(=O)O. The van der Waals surface area contributed by atoms with Crippen LogP contribution in [0.1, 0.15) is 31.4 Å². The Kier molecular flexibility index (Phi) is 6.98. The first-order valence-corrected chi connectivity index (χ1v) is 11.6. The molecule has 0 radical (unpaired) electrons. The molecule has 0 spiro atoms. The van der Waals surface area contributed by atoms with Gasteiger partial charge in [-0.2, -0.15) is 17.5 Å². The summed E-state index contributed by atoms with van der Waals surface area (Å²) in [5.74, 6) is -2.20. The van der Waals surface area contributed by atoms with Crippen molar-refractivity contribution in [1.29, 1.82) is 0 Å². The number of sulfonamides is 1. The number of rotatable bonds is 6. The summed E-state index contributed by atoms with van der Waals surface area (Å²) in [7, 11) is -4.34. The van der Waals surface area contributed by atoms with Crippen molar-refractivity contribution in [3.05, 3.63) is 59.4 Å². The molecule has 1 fully saturated rings. The zero-order valence-corrected chi connectivity index (χ0v) is 19.0. The molecular formula is C22H23F4NO6S. The summed E-state index contributed by atoms with van der Waals surface area (Å²) in [5.41, 5.74) is -2.53. The third-order valence-electron chi connectivity index (χ3n) is 5.61. The third-order valence-corrected chi connectivity index (χ3v) is 7.46. The van der Waals surface area contributed by atoms with Crippen molar-refractivity contribution in [2.75, 3.05) is 6.54 Å². The van der Waals surface area contributed by atoms with Crippen LogP contribution in [0.4, 0.5) is 17.6 Å². The van der Waals surface area contributed by atoms with Crippen molar-refractivity contribution in [3.8, 4) is 5.75 Å². The molecule has 0 saturated carbocycles. The van der Waals surface area contributed by atoms with Crippen LogP contribution in [0.25, 0.3) is 0 Å². The van der Waals surface area contributed by atoms with Crippen molar-refractivity contribution in [3.63, 3.8) is 0 Å². The summed E-state index contributed by atoms with van der Waals surface area (Å²) in [6, 6.07) is 5.22. The second-order valence-electron chi connectivity index (χ2n) is 8.72. The molecule has 1 saturated heterocycles. The number of aliphatic carboxylic acids is 1. The van der Waals surface area contributed by atoms with Gasteiger partial charge in [0.25, 0.3) is 0 Å². The highest BCUT2D eigenvalue weighted by Gasteiger charge is 2.50. The largest absolute Gasteiger partial charge is 0.489 e. The quantitative estimate of drug-likeness (QED) is 0.581. The highest BCUT2D eigenvalue weighted by molar-refractivity contribution is 7.89. The van der Waals surface area contributed by atoms with Crippen molar-refractivity contribution in [2.45, 2.75) is 50.1 Å². The molecule has 0 bridgehead atoms. The van der Waals surface area contributed by atoms with Gasteiger partial charge in [0, 0.05) is 12.1 Å². The van der Waals surface area contributed by atoms with Crippen LogP contribution in [-0.4, -0.2) is 47.6 Å². The Morgan fingerprint density at radius 2 is 1.79 bits per heavy atom. The van der Waals surface area contributed by atoms with Gasteiger partial charge in [0.2, 0.25) is 10.0 Å². The maximum atomic E-state index is 13.4. The minimum atomic E-state index is -4.71. The second-order valence-corrected chi connectivity index (χ2v) is 10.6. The number of aliphatic hydroxyl groups is 1. The van der Waals surface area contributed by atoms with E-state index in [1.807, 2.05) is 0 Å². The fourth-order valence-electron chi connectivity index (χ4n) is 4.14. The van der Waals surface area contributed by atoms with Gasteiger partial charge in [0.1, 0.15) is 24.2 Å². The number of aliphatic hydroxyl groups excluding tert-OH is 1. The predicted octanol–water partition coefficient (Wildman–Crippen LogP) is 3.66. The van der Waals surface area contributed by atoms with Crippen molar-refractivity contribution >= 4 is 16.0 Å². The Labute approximate surface area is 193 Å². The molecule has 12 heteroatoms. The van der Waals surface area contributed by atoms with Crippen LogP contribution >= 0.6 is 0 Å². The number of halogens is 4. The molecule has 1 aliphatic rings. The van der Waals surface area contributed by atoms with E-state index in [4.69, 9.17) is 4.74 Å². The van der Waals surface area contributed by atoms with Crippen LogP contribution < -0.4 is 4.74 Å². The lowest BCUT2D eigenvalue weighted by atomic mass is 9.76. The molecule has 0 aliphatic carbocycles. The molecule has 7 nitrogen and oxygen atoms in total. The van der Waals surface area contributed by atoms with Crippen molar-refractivity contribution in [1.82, 2.24) is 4.31 Å². The number of hydrogen-bond donors (Lipinski definition) is 2. The van der Waals surface area contributed by atoms with Gasteiger partial charge in [-0.1, -0.05) is 13.8 Å². The molecule has 3 rings (SSSR count). The van der Waals surface area contributed by atoms with Crippen LogP contribution in [0.15, 0.2) is 47.4 Å².